The molecule has 1 aliphatic rings. The highest BCUT2D eigenvalue weighted by molar-refractivity contribution is 5.66. The van der Waals surface area contributed by atoms with Crippen LogP contribution in [0.3, 0.4) is 0 Å². The van der Waals surface area contributed by atoms with Crippen molar-refractivity contribution in [3.05, 3.63) is 53.9 Å². The molecule has 0 amide bonds. The number of hydrogen-bond donors (Lipinski definition) is 0. The molecule has 10 nitrogen and oxygen atoms in total. The Balaban J connectivity index is 1.43. The van der Waals surface area contributed by atoms with Crippen LogP contribution in [0.25, 0.3) is 0 Å². The Morgan fingerprint density at radius 3 is 2.79 bits per heavy atom. The first-order valence-electron chi connectivity index (χ1n) is 10.7. The maximum Gasteiger partial charge on any atom is 0.303 e. The monoisotopic (exact) mass is 459 g/mol. The lowest BCUT2D eigenvalue weighted by atomic mass is 10.1. The van der Waals surface area contributed by atoms with Crippen LogP contribution in [-0.2, 0) is 41.5 Å². The molecule has 0 spiro atoms. The molecule has 3 atom stereocenters. The van der Waals surface area contributed by atoms with Crippen LogP contribution in [-0.4, -0.2) is 65.8 Å². The largest absolute Gasteiger partial charge is 0.497 e. The molecule has 0 saturated heterocycles. The summed E-state index contributed by atoms with van der Waals surface area (Å²) in [7, 11) is 1.64. The molecule has 3 rings (SSSR count). The van der Waals surface area contributed by atoms with Gasteiger partial charge in [-0.15, -0.1) is 5.10 Å². The molecule has 0 radical (unpaired) electrons. The molecule has 2 aromatic rings. The summed E-state index contributed by atoms with van der Waals surface area (Å²) in [6.45, 7) is 3.62. The summed E-state index contributed by atoms with van der Waals surface area (Å²) in [5, 5.41) is 8.39. The third kappa shape index (κ3) is 7.99. The number of aromatic nitrogens is 3. The highest BCUT2D eigenvalue weighted by atomic mass is 16.7. The fourth-order valence-electron chi connectivity index (χ4n) is 3.30. The van der Waals surface area contributed by atoms with E-state index in [0.29, 0.717) is 26.0 Å². The molecule has 0 aliphatic carbocycles. The van der Waals surface area contributed by atoms with Gasteiger partial charge in [0, 0.05) is 20.0 Å². The number of carbonyl (C=O) groups is 2. The molecule has 0 fully saturated rings. The highest BCUT2D eigenvalue weighted by Crippen LogP contribution is 2.18. The van der Waals surface area contributed by atoms with Crippen molar-refractivity contribution in [1.29, 1.82) is 0 Å². The van der Waals surface area contributed by atoms with Gasteiger partial charge in [-0.1, -0.05) is 17.3 Å². The molecule has 33 heavy (non-hydrogen) atoms. The highest BCUT2D eigenvalue weighted by Gasteiger charge is 2.31. The predicted octanol–water partition coefficient (Wildman–Crippen LogP) is 2.06. The van der Waals surface area contributed by atoms with Crippen molar-refractivity contribution in [1.82, 2.24) is 15.0 Å². The Morgan fingerprint density at radius 2 is 2.03 bits per heavy atom. The van der Waals surface area contributed by atoms with Crippen molar-refractivity contribution >= 4 is 11.9 Å². The van der Waals surface area contributed by atoms with Gasteiger partial charge in [-0.05, 0) is 42.7 Å². The maximum absolute atomic E-state index is 11.3. The van der Waals surface area contributed by atoms with E-state index >= 15 is 0 Å². The summed E-state index contributed by atoms with van der Waals surface area (Å²) in [4.78, 5) is 22.4. The number of rotatable bonds is 11. The first-order chi connectivity index (χ1) is 15.9. The number of hydrogen-bond acceptors (Lipinski definition) is 9. The molecule has 1 unspecified atom stereocenters. The van der Waals surface area contributed by atoms with Gasteiger partial charge in [0.05, 0.1) is 26.0 Å². The summed E-state index contributed by atoms with van der Waals surface area (Å²) < 4.78 is 28.8. The van der Waals surface area contributed by atoms with Gasteiger partial charge in [-0.25, -0.2) is 4.68 Å². The molecule has 1 aromatic carbocycles. The lowest BCUT2D eigenvalue weighted by Gasteiger charge is -2.31. The Kier molecular flexibility index (Phi) is 8.96. The van der Waals surface area contributed by atoms with E-state index in [1.54, 1.807) is 23.9 Å². The zero-order valence-corrected chi connectivity index (χ0v) is 19.0. The van der Waals surface area contributed by atoms with E-state index < -0.39 is 30.4 Å². The second kappa shape index (κ2) is 12.1. The standard InChI is InChI=1S/C23H29N3O7/c1-16(27)31-15-22-21(32-17(2)28)9-10-23(33-22)30-11-5-7-19-14-26(25-24-19)13-18-6-4-8-20(12-18)29-3/h4,6,8-10,12,14,21-23H,5,7,11,13,15H2,1-3H3/t21-,22+,23?/m0/s1. The van der Waals surface area contributed by atoms with Crippen molar-refractivity contribution in [2.24, 2.45) is 0 Å². The van der Waals surface area contributed by atoms with Crippen molar-refractivity contribution in [3.8, 4) is 5.75 Å². The second-order valence-corrected chi connectivity index (χ2v) is 7.54. The third-order valence-corrected chi connectivity index (χ3v) is 4.81. The minimum atomic E-state index is -0.638. The summed E-state index contributed by atoms with van der Waals surface area (Å²) in [6, 6.07) is 7.82. The fourth-order valence-corrected chi connectivity index (χ4v) is 3.30. The van der Waals surface area contributed by atoms with Crippen molar-refractivity contribution in [2.45, 2.75) is 51.7 Å². The lowest BCUT2D eigenvalue weighted by molar-refractivity contribution is -0.197. The van der Waals surface area contributed by atoms with Crippen LogP contribution in [0.4, 0.5) is 0 Å². The van der Waals surface area contributed by atoms with Crippen molar-refractivity contribution in [2.75, 3.05) is 20.3 Å². The van der Waals surface area contributed by atoms with Crippen LogP contribution < -0.4 is 4.74 Å². The average molecular weight is 459 g/mol. The molecule has 0 N–H and O–H groups in total. The number of carbonyl (C=O) groups excluding carboxylic acids is 2. The zero-order chi connectivity index (χ0) is 23.6. The number of methoxy groups -OCH3 is 1. The summed E-state index contributed by atoms with van der Waals surface area (Å²) >= 11 is 0. The molecule has 10 heteroatoms. The summed E-state index contributed by atoms with van der Waals surface area (Å²) in [5.41, 5.74) is 1.94. The Labute approximate surface area is 192 Å². The van der Waals surface area contributed by atoms with Gasteiger partial charge < -0.3 is 23.7 Å². The molecule has 2 heterocycles. The van der Waals surface area contributed by atoms with E-state index in [1.807, 2.05) is 30.5 Å². The number of aryl methyl sites for hydroxylation is 1. The number of nitrogens with zero attached hydrogens (tertiary/aromatic N) is 3. The van der Waals surface area contributed by atoms with Gasteiger partial charge in [0.15, 0.2) is 6.29 Å². The number of esters is 2. The zero-order valence-electron chi connectivity index (χ0n) is 19.0. The second-order valence-electron chi connectivity index (χ2n) is 7.54. The van der Waals surface area contributed by atoms with E-state index in [-0.39, 0.29) is 6.61 Å². The van der Waals surface area contributed by atoms with Crippen LogP contribution in [0.1, 0.15) is 31.5 Å². The molecule has 178 valence electrons. The van der Waals surface area contributed by atoms with Gasteiger partial charge in [0.2, 0.25) is 0 Å². The predicted molar refractivity (Wildman–Crippen MR) is 116 cm³/mol. The van der Waals surface area contributed by atoms with Crippen LogP contribution in [0.5, 0.6) is 5.75 Å². The normalized spacial score (nSPS) is 19.8. The Morgan fingerprint density at radius 1 is 1.18 bits per heavy atom. The Hall–Kier alpha value is -3.24. The number of ether oxygens (including phenoxy) is 5. The molecular weight excluding hydrogens is 430 g/mol. The van der Waals surface area contributed by atoms with Crippen LogP contribution >= 0.6 is 0 Å². The smallest absolute Gasteiger partial charge is 0.303 e. The van der Waals surface area contributed by atoms with Gasteiger partial charge in [-0.3, -0.25) is 9.59 Å². The summed E-state index contributed by atoms with van der Waals surface area (Å²) in [6.07, 6.45) is 4.80. The minimum absolute atomic E-state index is 0.0339. The van der Waals surface area contributed by atoms with Crippen LogP contribution in [0.2, 0.25) is 0 Å². The van der Waals surface area contributed by atoms with E-state index in [4.69, 9.17) is 23.7 Å². The van der Waals surface area contributed by atoms with Gasteiger partial charge in [-0.2, -0.15) is 0 Å². The SMILES string of the molecule is COc1cccc(Cn2cc(CCCOC3C=C[C@H](OC(C)=O)[C@@H](COC(C)=O)O3)nn2)c1. The quantitative estimate of drug-likeness (QED) is 0.283. The molecule has 0 bridgehead atoms. The summed E-state index contributed by atoms with van der Waals surface area (Å²) in [5.74, 6) is -0.0789. The van der Waals surface area contributed by atoms with E-state index in [9.17, 15) is 9.59 Å². The van der Waals surface area contributed by atoms with Gasteiger partial charge in [0.25, 0.3) is 0 Å². The van der Waals surface area contributed by atoms with E-state index in [0.717, 1.165) is 17.0 Å². The molecule has 1 aliphatic heterocycles. The van der Waals surface area contributed by atoms with Gasteiger partial charge in [0.1, 0.15) is 24.6 Å². The topological polar surface area (TPSA) is 111 Å². The van der Waals surface area contributed by atoms with Crippen LogP contribution in [0.15, 0.2) is 42.6 Å². The number of benzene rings is 1. The molecule has 1 aromatic heterocycles. The van der Waals surface area contributed by atoms with Crippen LogP contribution in [0, 0.1) is 0 Å². The van der Waals surface area contributed by atoms with Gasteiger partial charge >= 0.3 is 11.9 Å². The Bertz CT molecular complexity index is 959. The van der Waals surface area contributed by atoms with Crippen molar-refractivity contribution < 1.29 is 33.3 Å². The molecule has 0 saturated carbocycles. The van der Waals surface area contributed by atoms with Crippen molar-refractivity contribution in [3.63, 3.8) is 0 Å². The third-order valence-electron chi connectivity index (χ3n) is 4.81. The fraction of sp³-hybridized carbons (Fsp3) is 0.478. The average Bonchev–Trinajstić information content (AvgIpc) is 3.23. The molecular formula is C23H29N3O7. The first-order valence-corrected chi connectivity index (χ1v) is 10.7. The van der Waals surface area contributed by atoms with E-state index in [1.165, 1.54) is 13.8 Å². The lowest BCUT2D eigenvalue weighted by Crippen LogP contribution is -2.42. The first kappa shape index (κ1) is 24.4. The van der Waals surface area contributed by atoms with E-state index in [2.05, 4.69) is 10.3 Å². The maximum atomic E-state index is 11.3. The minimum Gasteiger partial charge on any atom is -0.497 e.